The fourth-order valence-corrected chi connectivity index (χ4v) is 3.15. The number of carbonyl (C=O) groups is 2. The fourth-order valence-electron chi connectivity index (χ4n) is 2.56. The Kier molecular flexibility index (Phi) is 4.57. The van der Waals surface area contributed by atoms with Gasteiger partial charge in [0.25, 0.3) is 0 Å². The molecule has 1 aliphatic rings. The highest BCUT2D eigenvalue weighted by molar-refractivity contribution is 7.98. The van der Waals surface area contributed by atoms with E-state index in [9.17, 15) is 9.59 Å². The van der Waals surface area contributed by atoms with Crippen LogP contribution >= 0.6 is 11.8 Å². The van der Waals surface area contributed by atoms with Crippen LogP contribution in [0.25, 0.3) is 0 Å². The minimum atomic E-state index is -0.220. The van der Waals surface area contributed by atoms with Crippen molar-refractivity contribution < 1.29 is 9.59 Å². The highest BCUT2D eigenvalue weighted by Gasteiger charge is 2.35. The second kappa shape index (κ2) is 6.06. The van der Waals surface area contributed by atoms with Gasteiger partial charge in [0.15, 0.2) is 11.6 Å². The number of carbonyl (C=O) groups excluding carboxylic acids is 2. The van der Waals surface area contributed by atoms with Crippen LogP contribution in [0.3, 0.4) is 0 Å². The number of rotatable bonds is 3. The Labute approximate surface area is 130 Å². The van der Waals surface area contributed by atoms with E-state index in [1.54, 1.807) is 18.0 Å². The molecule has 0 aromatic heterocycles. The number of hydrogen-bond acceptors (Lipinski definition) is 4. The van der Waals surface area contributed by atoms with Crippen molar-refractivity contribution in [2.24, 2.45) is 5.41 Å². The number of aryl methyl sites for hydroxylation is 1. The Hall–Kier alpha value is -1.55. The third-order valence-electron chi connectivity index (χ3n) is 3.66. The van der Waals surface area contributed by atoms with Crippen LogP contribution in [0.4, 0.5) is 5.69 Å². The smallest absolute Gasteiger partial charge is 0.168 e. The molecular weight excluding hydrogens is 282 g/mol. The second-order valence-electron chi connectivity index (χ2n) is 6.25. The summed E-state index contributed by atoms with van der Waals surface area (Å²) in [5.74, 6) is -0.137. The Bertz CT molecular complexity index is 595. The zero-order chi connectivity index (χ0) is 15.6. The van der Waals surface area contributed by atoms with Crippen molar-refractivity contribution in [1.82, 2.24) is 0 Å². The van der Waals surface area contributed by atoms with Crippen LogP contribution in [0.5, 0.6) is 0 Å². The van der Waals surface area contributed by atoms with E-state index in [-0.39, 0.29) is 17.0 Å². The average Bonchev–Trinajstić information content (AvgIpc) is 2.36. The molecule has 0 amide bonds. The van der Waals surface area contributed by atoms with Crippen LogP contribution < -0.4 is 5.32 Å². The molecule has 1 aromatic rings. The van der Waals surface area contributed by atoms with Gasteiger partial charge in [0.05, 0.1) is 5.57 Å². The first-order valence-electron chi connectivity index (χ1n) is 7.00. The van der Waals surface area contributed by atoms with Gasteiger partial charge in [-0.1, -0.05) is 13.8 Å². The molecule has 0 aliphatic heterocycles. The average molecular weight is 303 g/mol. The monoisotopic (exact) mass is 303 g/mol. The molecule has 21 heavy (non-hydrogen) atoms. The summed E-state index contributed by atoms with van der Waals surface area (Å²) in [4.78, 5) is 25.4. The fraction of sp³-hybridized carbons (Fsp3) is 0.412. The van der Waals surface area contributed by atoms with Gasteiger partial charge in [0.2, 0.25) is 0 Å². The molecule has 3 nitrogen and oxygen atoms in total. The quantitative estimate of drug-likeness (QED) is 0.521. The molecule has 1 aromatic carbocycles. The van der Waals surface area contributed by atoms with Crippen molar-refractivity contribution in [3.63, 3.8) is 0 Å². The molecule has 0 bridgehead atoms. The van der Waals surface area contributed by atoms with Gasteiger partial charge < -0.3 is 5.32 Å². The van der Waals surface area contributed by atoms with Crippen molar-refractivity contribution >= 4 is 29.0 Å². The van der Waals surface area contributed by atoms with Gasteiger partial charge in [0.1, 0.15) is 0 Å². The van der Waals surface area contributed by atoms with E-state index in [0.717, 1.165) is 5.69 Å². The summed E-state index contributed by atoms with van der Waals surface area (Å²) in [5.41, 5.74) is 2.14. The van der Waals surface area contributed by atoms with Crippen LogP contribution in [0.2, 0.25) is 0 Å². The largest absolute Gasteiger partial charge is 0.361 e. The van der Waals surface area contributed by atoms with Crippen LogP contribution in [-0.4, -0.2) is 17.8 Å². The van der Waals surface area contributed by atoms with Crippen molar-refractivity contribution in [3.8, 4) is 0 Å². The summed E-state index contributed by atoms with van der Waals surface area (Å²) in [7, 11) is 0. The molecule has 4 heteroatoms. The van der Waals surface area contributed by atoms with Gasteiger partial charge in [0, 0.05) is 29.6 Å². The Morgan fingerprint density at radius 2 is 1.81 bits per heavy atom. The van der Waals surface area contributed by atoms with Gasteiger partial charge in [-0.2, -0.15) is 0 Å². The molecule has 1 fully saturated rings. The topological polar surface area (TPSA) is 46.2 Å². The summed E-state index contributed by atoms with van der Waals surface area (Å²) in [6.45, 7) is 5.96. The number of hydrogen-bond donors (Lipinski definition) is 1. The molecule has 0 radical (unpaired) electrons. The van der Waals surface area contributed by atoms with E-state index in [2.05, 4.69) is 5.32 Å². The number of thioether (sulfide) groups is 1. The lowest BCUT2D eigenvalue weighted by atomic mass is 9.74. The summed E-state index contributed by atoms with van der Waals surface area (Å²) >= 11 is 1.70. The van der Waals surface area contributed by atoms with E-state index >= 15 is 0 Å². The third kappa shape index (κ3) is 3.76. The zero-order valence-corrected chi connectivity index (χ0v) is 13.8. The number of nitrogens with one attached hydrogen (secondary N) is 1. The molecule has 0 heterocycles. The van der Waals surface area contributed by atoms with Crippen molar-refractivity contribution in [2.45, 2.75) is 38.5 Å². The lowest BCUT2D eigenvalue weighted by Crippen LogP contribution is -2.31. The minimum Gasteiger partial charge on any atom is -0.361 e. The third-order valence-corrected chi connectivity index (χ3v) is 4.55. The van der Waals surface area contributed by atoms with Gasteiger partial charge in [-0.15, -0.1) is 11.8 Å². The Balaban J connectivity index is 2.16. The zero-order valence-electron chi connectivity index (χ0n) is 12.9. The lowest BCUT2D eigenvalue weighted by molar-refractivity contribution is -0.127. The van der Waals surface area contributed by atoms with Crippen molar-refractivity contribution in [3.05, 3.63) is 35.5 Å². The molecule has 0 unspecified atom stereocenters. The number of Topliss-reactive ketones (excluding diaryl/α,β-unsaturated/α-hetero) is 2. The standard InChI is InChI=1S/C17H21NO2S/c1-11-7-12(5-6-16(11)21-4)18-10-13-14(19)8-17(2,3)9-15(13)20/h5-7,10,18H,8-9H2,1-4H3. The number of allylic oxidation sites excluding steroid dienone is 1. The summed E-state index contributed by atoms with van der Waals surface area (Å²) in [6, 6.07) is 6.01. The predicted molar refractivity (Wildman–Crippen MR) is 87.7 cm³/mol. The number of anilines is 1. The maximum absolute atomic E-state index is 12.1. The van der Waals surface area contributed by atoms with E-state index in [1.165, 1.54) is 10.5 Å². The predicted octanol–water partition coefficient (Wildman–Crippen LogP) is 3.97. The first-order valence-corrected chi connectivity index (χ1v) is 8.22. The van der Waals surface area contributed by atoms with Crippen LogP contribution in [0.1, 0.15) is 32.3 Å². The summed E-state index contributed by atoms with van der Waals surface area (Å²) in [5, 5.41) is 3.08. The molecule has 1 saturated carbocycles. The molecule has 1 N–H and O–H groups in total. The van der Waals surface area contributed by atoms with E-state index < -0.39 is 0 Å². The molecule has 0 saturated heterocycles. The van der Waals surface area contributed by atoms with E-state index in [4.69, 9.17) is 0 Å². The highest BCUT2D eigenvalue weighted by atomic mass is 32.2. The van der Waals surface area contributed by atoms with Crippen molar-refractivity contribution in [1.29, 1.82) is 0 Å². The molecule has 0 spiro atoms. The van der Waals surface area contributed by atoms with Gasteiger partial charge in [-0.05, 0) is 42.4 Å². The minimum absolute atomic E-state index is 0.0683. The van der Waals surface area contributed by atoms with Gasteiger partial charge >= 0.3 is 0 Å². The summed E-state index contributed by atoms with van der Waals surface area (Å²) in [6.07, 6.45) is 4.46. The second-order valence-corrected chi connectivity index (χ2v) is 7.10. The molecule has 112 valence electrons. The Morgan fingerprint density at radius 3 is 2.33 bits per heavy atom. The first kappa shape index (κ1) is 15.8. The van der Waals surface area contributed by atoms with Crippen LogP contribution in [-0.2, 0) is 9.59 Å². The van der Waals surface area contributed by atoms with Gasteiger partial charge in [-0.25, -0.2) is 0 Å². The molecule has 1 aliphatic carbocycles. The Morgan fingerprint density at radius 1 is 1.19 bits per heavy atom. The van der Waals surface area contributed by atoms with Crippen LogP contribution in [0.15, 0.2) is 34.9 Å². The summed E-state index contributed by atoms with van der Waals surface area (Å²) < 4.78 is 0. The van der Waals surface area contributed by atoms with Crippen LogP contribution in [0, 0.1) is 12.3 Å². The number of ketones is 2. The molecule has 2 rings (SSSR count). The molecule has 0 atom stereocenters. The maximum Gasteiger partial charge on any atom is 0.168 e. The molecular formula is C17H21NO2S. The first-order chi connectivity index (χ1) is 9.82. The SMILES string of the molecule is CSc1ccc(NC=C2C(=O)CC(C)(C)CC2=O)cc1C. The van der Waals surface area contributed by atoms with E-state index in [0.29, 0.717) is 18.4 Å². The lowest BCUT2D eigenvalue weighted by Gasteiger charge is -2.28. The van der Waals surface area contributed by atoms with Gasteiger partial charge in [-0.3, -0.25) is 9.59 Å². The van der Waals surface area contributed by atoms with E-state index in [1.807, 2.05) is 45.2 Å². The normalized spacial score (nSPS) is 17.8. The number of benzene rings is 1. The maximum atomic E-state index is 12.1. The van der Waals surface area contributed by atoms with Crippen molar-refractivity contribution in [2.75, 3.05) is 11.6 Å². The highest BCUT2D eigenvalue weighted by Crippen LogP contribution is 2.33.